The molecule has 14 heavy (non-hydrogen) atoms. The first-order valence-electron chi connectivity index (χ1n) is 4.56. The Kier molecular flexibility index (Phi) is 2.96. The Balaban J connectivity index is 2.34. The molecule has 1 fully saturated rings. The van der Waals surface area contributed by atoms with Crippen LogP contribution in [0.3, 0.4) is 0 Å². The smallest absolute Gasteiger partial charge is 0.160 e. The maximum atomic E-state index is 13.1. The van der Waals surface area contributed by atoms with E-state index in [0.29, 0.717) is 0 Å². The molecule has 0 aromatic heterocycles. The molecule has 1 heterocycles. The van der Waals surface area contributed by atoms with Crippen LogP contribution >= 0.6 is 23.2 Å². The number of nitrogens with one attached hydrogen (secondary N) is 1. The Morgan fingerprint density at radius 2 is 1.93 bits per heavy atom. The molecule has 1 aliphatic rings. The number of hydrogen-bond donors (Lipinski definition) is 1. The van der Waals surface area contributed by atoms with Crippen molar-refractivity contribution in [3.8, 4) is 0 Å². The van der Waals surface area contributed by atoms with Crippen molar-refractivity contribution >= 4 is 23.2 Å². The number of halogens is 3. The normalized spacial score (nSPS) is 21.5. The third-order valence-electron chi connectivity index (χ3n) is 2.47. The summed E-state index contributed by atoms with van der Waals surface area (Å²) in [5.41, 5.74) is 0.971. The average Bonchev–Trinajstić information content (AvgIpc) is 2.66. The lowest BCUT2D eigenvalue weighted by molar-refractivity contribution is 0.618. The highest BCUT2D eigenvalue weighted by molar-refractivity contribution is 6.35. The van der Waals surface area contributed by atoms with Gasteiger partial charge in [-0.05, 0) is 37.1 Å². The van der Waals surface area contributed by atoms with Crippen LogP contribution in [0.2, 0.25) is 10.0 Å². The largest absolute Gasteiger partial charge is 0.310 e. The zero-order valence-electron chi connectivity index (χ0n) is 7.49. The fourth-order valence-corrected chi connectivity index (χ4v) is 2.25. The van der Waals surface area contributed by atoms with Crippen LogP contribution in [0.5, 0.6) is 0 Å². The molecule has 1 saturated heterocycles. The van der Waals surface area contributed by atoms with Gasteiger partial charge < -0.3 is 5.32 Å². The van der Waals surface area contributed by atoms with E-state index in [1.165, 1.54) is 0 Å². The second-order valence-electron chi connectivity index (χ2n) is 3.45. The Morgan fingerprint density at radius 3 is 2.43 bits per heavy atom. The summed E-state index contributed by atoms with van der Waals surface area (Å²) in [4.78, 5) is 0. The fourth-order valence-electron chi connectivity index (χ4n) is 1.75. The third kappa shape index (κ3) is 1.88. The molecule has 0 unspecified atom stereocenters. The Morgan fingerprint density at radius 1 is 1.29 bits per heavy atom. The molecule has 1 N–H and O–H groups in total. The number of benzene rings is 1. The van der Waals surface area contributed by atoms with Crippen molar-refractivity contribution in [2.24, 2.45) is 0 Å². The van der Waals surface area contributed by atoms with Crippen molar-refractivity contribution in [2.75, 3.05) is 6.54 Å². The maximum Gasteiger partial charge on any atom is 0.160 e. The van der Waals surface area contributed by atoms with E-state index in [9.17, 15) is 4.39 Å². The molecule has 0 spiro atoms. The predicted molar refractivity (Wildman–Crippen MR) is 56.4 cm³/mol. The quantitative estimate of drug-likeness (QED) is 0.732. The summed E-state index contributed by atoms with van der Waals surface area (Å²) in [6, 6.07) is 3.56. The van der Waals surface area contributed by atoms with Crippen LogP contribution < -0.4 is 5.32 Å². The van der Waals surface area contributed by atoms with Crippen molar-refractivity contribution in [3.05, 3.63) is 33.6 Å². The minimum atomic E-state index is -0.532. The summed E-state index contributed by atoms with van der Waals surface area (Å²) in [6.07, 6.45) is 2.19. The molecule has 4 heteroatoms. The van der Waals surface area contributed by atoms with Gasteiger partial charge in [0.2, 0.25) is 0 Å². The van der Waals surface area contributed by atoms with Gasteiger partial charge in [0.15, 0.2) is 5.82 Å². The van der Waals surface area contributed by atoms with Crippen molar-refractivity contribution in [3.63, 3.8) is 0 Å². The van der Waals surface area contributed by atoms with Crippen LogP contribution in [-0.2, 0) is 0 Å². The zero-order valence-corrected chi connectivity index (χ0v) is 9.00. The fraction of sp³-hybridized carbons (Fsp3) is 0.400. The minimum Gasteiger partial charge on any atom is -0.310 e. The molecule has 0 bridgehead atoms. The minimum absolute atomic E-state index is 0.0983. The lowest BCUT2D eigenvalue weighted by atomic mass is 10.1. The number of hydrogen-bond acceptors (Lipinski definition) is 1. The monoisotopic (exact) mass is 233 g/mol. The molecule has 0 aliphatic carbocycles. The molecule has 76 valence electrons. The van der Waals surface area contributed by atoms with Gasteiger partial charge in [0.25, 0.3) is 0 Å². The first-order chi connectivity index (χ1) is 6.68. The molecule has 1 aliphatic heterocycles. The van der Waals surface area contributed by atoms with E-state index in [-0.39, 0.29) is 16.1 Å². The van der Waals surface area contributed by atoms with E-state index in [0.717, 1.165) is 24.9 Å². The Bertz CT molecular complexity index is 325. The van der Waals surface area contributed by atoms with Crippen LogP contribution in [0.15, 0.2) is 12.1 Å². The Hall–Kier alpha value is -0.310. The van der Waals surface area contributed by atoms with Gasteiger partial charge in [0.05, 0.1) is 10.0 Å². The summed E-state index contributed by atoms with van der Waals surface area (Å²) in [7, 11) is 0. The van der Waals surface area contributed by atoms with E-state index in [4.69, 9.17) is 23.2 Å². The Labute approximate surface area is 92.2 Å². The summed E-state index contributed by atoms with van der Waals surface area (Å²) in [5, 5.41) is 3.50. The number of rotatable bonds is 1. The van der Waals surface area contributed by atoms with Crippen LogP contribution in [0.1, 0.15) is 24.4 Å². The van der Waals surface area contributed by atoms with E-state index in [2.05, 4.69) is 5.32 Å². The molecule has 1 atom stereocenters. The lowest BCUT2D eigenvalue weighted by Crippen LogP contribution is -2.12. The van der Waals surface area contributed by atoms with Crippen LogP contribution in [0, 0.1) is 5.82 Å². The third-order valence-corrected chi connectivity index (χ3v) is 3.02. The highest BCUT2D eigenvalue weighted by Gasteiger charge is 2.18. The lowest BCUT2D eigenvalue weighted by Gasteiger charge is -2.11. The van der Waals surface area contributed by atoms with Gasteiger partial charge in [-0.1, -0.05) is 23.2 Å². The van der Waals surface area contributed by atoms with Crippen molar-refractivity contribution in [1.29, 1.82) is 0 Å². The molecule has 0 amide bonds. The van der Waals surface area contributed by atoms with Crippen molar-refractivity contribution in [2.45, 2.75) is 18.9 Å². The van der Waals surface area contributed by atoms with Crippen LogP contribution in [-0.4, -0.2) is 6.54 Å². The highest BCUT2D eigenvalue weighted by atomic mass is 35.5. The molecule has 1 aromatic carbocycles. The molecule has 2 rings (SSSR count). The van der Waals surface area contributed by atoms with Gasteiger partial charge in [0.1, 0.15) is 0 Å². The molecule has 1 nitrogen and oxygen atoms in total. The SMILES string of the molecule is Fc1c(Cl)cc([C@H]2CCCN2)cc1Cl. The highest BCUT2D eigenvalue weighted by Crippen LogP contribution is 2.30. The van der Waals surface area contributed by atoms with Gasteiger partial charge >= 0.3 is 0 Å². The molecular weight excluding hydrogens is 224 g/mol. The second kappa shape index (κ2) is 4.05. The molecule has 0 saturated carbocycles. The summed E-state index contributed by atoms with van der Waals surface area (Å²) < 4.78 is 13.1. The summed E-state index contributed by atoms with van der Waals surface area (Å²) >= 11 is 11.4. The molecule has 1 aromatic rings. The van der Waals surface area contributed by atoms with Gasteiger partial charge in [-0.2, -0.15) is 0 Å². The van der Waals surface area contributed by atoms with Gasteiger partial charge in [-0.25, -0.2) is 4.39 Å². The predicted octanol–water partition coefficient (Wildman–Crippen LogP) is 3.56. The van der Waals surface area contributed by atoms with E-state index < -0.39 is 5.82 Å². The second-order valence-corrected chi connectivity index (χ2v) is 4.26. The first-order valence-corrected chi connectivity index (χ1v) is 5.32. The maximum absolute atomic E-state index is 13.1. The molecular formula is C10H10Cl2FN. The molecule has 0 radical (unpaired) electrons. The van der Waals surface area contributed by atoms with E-state index in [1.54, 1.807) is 12.1 Å². The summed E-state index contributed by atoms with van der Waals surface area (Å²) in [5.74, 6) is -0.532. The van der Waals surface area contributed by atoms with Gasteiger partial charge in [-0.15, -0.1) is 0 Å². The van der Waals surface area contributed by atoms with Crippen LogP contribution in [0.4, 0.5) is 4.39 Å². The van der Waals surface area contributed by atoms with Crippen molar-refractivity contribution < 1.29 is 4.39 Å². The van der Waals surface area contributed by atoms with E-state index >= 15 is 0 Å². The standard InChI is InChI=1S/C10H10Cl2FN/c11-7-4-6(5-8(12)10(7)13)9-2-1-3-14-9/h4-5,9,14H,1-3H2/t9-/m1/s1. The van der Waals surface area contributed by atoms with Crippen molar-refractivity contribution in [1.82, 2.24) is 5.32 Å². The van der Waals surface area contributed by atoms with Gasteiger partial charge in [0, 0.05) is 6.04 Å². The average molecular weight is 234 g/mol. The summed E-state index contributed by atoms with van der Waals surface area (Å²) in [6.45, 7) is 0.997. The topological polar surface area (TPSA) is 12.0 Å². The van der Waals surface area contributed by atoms with E-state index in [1.807, 2.05) is 0 Å². The van der Waals surface area contributed by atoms with Gasteiger partial charge in [-0.3, -0.25) is 0 Å². The first kappa shape index (κ1) is 10.2. The van der Waals surface area contributed by atoms with Crippen LogP contribution in [0.25, 0.3) is 0 Å². The zero-order chi connectivity index (χ0) is 10.1.